The molecular formula is C13H17ClF3NO. The highest BCUT2D eigenvalue weighted by Crippen LogP contribution is 2.14. The van der Waals surface area contributed by atoms with Crippen LogP contribution in [0.15, 0.2) is 30.3 Å². The van der Waals surface area contributed by atoms with Crippen LogP contribution in [0.1, 0.15) is 5.56 Å². The van der Waals surface area contributed by atoms with Gasteiger partial charge in [-0.1, -0.05) is 30.3 Å². The van der Waals surface area contributed by atoms with E-state index < -0.39 is 12.8 Å². The quantitative estimate of drug-likeness (QED) is 0.588. The summed E-state index contributed by atoms with van der Waals surface area (Å²) in [4.78, 5) is 0. The number of hydrogen-bond donors (Lipinski definition) is 1. The molecule has 0 aromatic heterocycles. The predicted molar refractivity (Wildman–Crippen MR) is 69.5 cm³/mol. The van der Waals surface area contributed by atoms with Crippen LogP contribution in [0.4, 0.5) is 13.2 Å². The summed E-state index contributed by atoms with van der Waals surface area (Å²) >= 11 is 5.82. The first-order valence-corrected chi connectivity index (χ1v) is 6.52. The minimum atomic E-state index is -4.27. The Kier molecular flexibility index (Phi) is 7.20. The van der Waals surface area contributed by atoms with Crippen LogP contribution in [0, 0.1) is 0 Å². The molecule has 1 N–H and O–H groups in total. The number of nitrogens with one attached hydrogen (secondary N) is 1. The first-order valence-electron chi connectivity index (χ1n) is 5.99. The van der Waals surface area contributed by atoms with Gasteiger partial charge in [0.2, 0.25) is 0 Å². The molecule has 0 aliphatic heterocycles. The van der Waals surface area contributed by atoms with Gasteiger partial charge in [0.15, 0.2) is 0 Å². The molecule has 0 fully saturated rings. The number of hydrogen-bond acceptors (Lipinski definition) is 2. The van der Waals surface area contributed by atoms with Crippen molar-refractivity contribution in [2.24, 2.45) is 0 Å². The molecule has 0 heterocycles. The Bertz CT molecular complexity index is 345. The molecule has 1 aromatic carbocycles. The van der Waals surface area contributed by atoms with Gasteiger partial charge in [0.25, 0.3) is 0 Å². The lowest BCUT2D eigenvalue weighted by molar-refractivity contribution is -0.173. The van der Waals surface area contributed by atoms with Gasteiger partial charge in [-0.05, 0) is 12.0 Å². The molecular weight excluding hydrogens is 279 g/mol. The standard InChI is InChI=1S/C13H17ClF3NO/c14-9-12(8-11-4-2-1-3-5-11)18-6-7-19-10-13(15,16)17/h1-5,12,18H,6-10H2. The van der Waals surface area contributed by atoms with Gasteiger partial charge < -0.3 is 10.1 Å². The molecule has 0 amide bonds. The minimum Gasteiger partial charge on any atom is -0.371 e. The molecule has 2 nitrogen and oxygen atoms in total. The monoisotopic (exact) mass is 295 g/mol. The average molecular weight is 296 g/mol. The molecule has 1 aromatic rings. The second kappa shape index (κ2) is 8.40. The second-order valence-electron chi connectivity index (χ2n) is 4.16. The SMILES string of the molecule is FC(F)(F)COCCNC(CCl)Cc1ccccc1. The van der Waals surface area contributed by atoms with Crippen LogP contribution in [-0.2, 0) is 11.2 Å². The Hall–Kier alpha value is -0.780. The van der Waals surface area contributed by atoms with Crippen LogP contribution < -0.4 is 5.32 Å². The molecule has 0 bridgehead atoms. The minimum absolute atomic E-state index is 0.0156. The summed E-state index contributed by atoms with van der Waals surface area (Å²) in [6.07, 6.45) is -3.53. The summed E-state index contributed by atoms with van der Waals surface area (Å²) in [6.45, 7) is -0.846. The fraction of sp³-hybridized carbons (Fsp3) is 0.538. The number of halogens is 4. The summed E-state index contributed by atoms with van der Waals surface area (Å²) in [7, 11) is 0. The molecule has 0 aliphatic carbocycles. The predicted octanol–water partition coefficient (Wildman–Crippen LogP) is 3.01. The fourth-order valence-corrected chi connectivity index (χ4v) is 1.82. The van der Waals surface area contributed by atoms with E-state index >= 15 is 0 Å². The summed E-state index contributed by atoms with van der Waals surface area (Å²) in [5.74, 6) is 0.397. The molecule has 6 heteroatoms. The summed E-state index contributed by atoms with van der Waals surface area (Å²) < 4.78 is 40.0. The number of benzene rings is 1. The molecule has 0 aliphatic rings. The van der Waals surface area contributed by atoms with Gasteiger partial charge in [-0.15, -0.1) is 11.6 Å². The van der Waals surface area contributed by atoms with Crippen molar-refractivity contribution in [3.8, 4) is 0 Å². The third-order valence-corrected chi connectivity index (χ3v) is 2.83. The summed E-state index contributed by atoms with van der Waals surface area (Å²) in [6, 6.07) is 9.80. The smallest absolute Gasteiger partial charge is 0.371 e. The van der Waals surface area contributed by atoms with Crippen molar-refractivity contribution in [1.82, 2.24) is 5.32 Å². The molecule has 0 saturated heterocycles. The molecule has 1 atom stereocenters. The third kappa shape index (κ3) is 8.08. The maximum absolute atomic E-state index is 11.8. The number of alkyl halides is 4. The lowest BCUT2D eigenvalue weighted by atomic mass is 10.1. The zero-order chi connectivity index (χ0) is 14.1. The molecule has 0 saturated carbocycles. The van der Waals surface area contributed by atoms with Crippen molar-refractivity contribution < 1.29 is 17.9 Å². The van der Waals surface area contributed by atoms with Crippen molar-refractivity contribution in [3.63, 3.8) is 0 Å². The maximum atomic E-state index is 11.8. The van der Waals surface area contributed by atoms with Crippen LogP contribution in [0.5, 0.6) is 0 Å². The van der Waals surface area contributed by atoms with Gasteiger partial charge in [-0.3, -0.25) is 0 Å². The first kappa shape index (κ1) is 16.3. The highest BCUT2D eigenvalue weighted by Gasteiger charge is 2.27. The molecule has 1 unspecified atom stereocenters. The Labute approximate surface area is 115 Å². The summed E-state index contributed by atoms with van der Waals surface area (Å²) in [5.41, 5.74) is 1.14. The van der Waals surface area contributed by atoms with Crippen molar-refractivity contribution in [1.29, 1.82) is 0 Å². The maximum Gasteiger partial charge on any atom is 0.411 e. The van der Waals surface area contributed by atoms with E-state index in [1.54, 1.807) is 0 Å². The number of rotatable bonds is 8. The van der Waals surface area contributed by atoms with Gasteiger partial charge in [0.05, 0.1) is 6.61 Å². The Morgan fingerprint density at radius 1 is 1.21 bits per heavy atom. The fourth-order valence-electron chi connectivity index (χ4n) is 1.60. The van der Waals surface area contributed by atoms with Crippen molar-refractivity contribution >= 4 is 11.6 Å². The molecule has 1 rings (SSSR count). The third-order valence-electron chi connectivity index (χ3n) is 2.46. The van der Waals surface area contributed by atoms with Crippen LogP contribution in [0.2, 0.25) is 0 Å². The van der Waals surface area contributed by atoms with Crippen molar-refractivity contribution in [2.75, 3.05) is 25.6 Å². The molecule has 0 radical (unpaired) electrons. The van der Waals surface area contributed by atoms with Crippen LogP contribution in [0.25, 0.3) is 0 Å². The Balaban J connectivity index is 2.19. The van der Waals surface area contributed by atoms with E-state index in [-0.39, 0.29) is 12.6 Å². The zero-order valence-electron chi connectivity index (χ0n) is 10.4. The van der Waals surface area contributed by atoms with E-state index in [9.17, 15) is 13.2 Å². The summed E-state index contributed by atoms with van der Waals surface area (Å²) in [5, 5.41) is 3.08. The van der Waals surface area contributed by atoms with E-state index in [0.717, 1.165) is 12.0 Å². The van der Waals surface area contributed by atoms with Crippen molar-refractivity contribution in [2.45, 2.75) is 18.6 Å². The Morgan fingerprint density at radius 3 is 2.47 bits per heavy atom. The van der Waals surface area contributed by atoms with Gasteiger partial charge in [-0.2, -0.15) is 13.2 Å². The average Bonchev–Trinajstić information content (AvgIpc) is 2.37. The first-order chi connectivity index (χ1) is 9.01. The van der Waals surface area contributed by atoms with E-state index in [0.29, 0.717) is 12.4 Å². The Morgan fingerprint density at radius 2 is 1.89 bits per heavy atom. The largest absolute Gasteiger partial charge is 0.411 e. The van der Waals surface area contributed by atoms with Gasteiger partial charge in [0, 0.05) is 18.5 Å². The topological polar surface area (TPSA) is 21.3 Å². The molecule has 108 valence electrons. The molecule has 19 heavy (non-hydrogen) atoms. The van der Waals surface area contributed by atoms with E-state index in [4.69, 9.17) is 11.6 Å². The van der Waals surface area contributed by atoms with E-state index in [2.05, 4.69) is 10.1 Å². The van der Waals surface area contributed by atoms with Gasteiger partial charge >= 0.3 is 6.18 Å². The second-order valence-corrected chi connectivity index (χ2v) is 4.47. The highest BCUT2D eigenvalue weighted by atomic mass is 35.5. The highest BCUT2D eigenvalue weighted by molar-refractivity contribution is 6.18. The normalized spacial score (nSPS) is 13.5. The number of ether oxygens (including phenoxy) is 1. The van der Waals surface area contributed by atoms with Crippen LogP contribution in [-0.4, -0.2) is 37.9 Å². The molecule has 0 spiro atoms. The van der Waals surface area contributed by atoms with E-state index in [1.165, 1.54) is 0 Å². The lowest BCUT2D eigenvalue weighted by Gasteiger charge is -2.16. The van der Waals surface area contributed by atoms with Crippen LogP contribution in [0.3, 0.4) is 0 Å². The van der Waals surface area contributed by atoms with Gasteiger partial charge in [-0.25, -0.2) is 0 Å². The van der Waals surface area contributed by atoms with Crippen molar-refractivity contribution in [3.05, 3.63) is 35.9 Å². The van der Waals surface area contributed by atoms with Gasteiger partial charge in [0.1, 0.15) is 6.61 Å². The van der Waals surface area contributed by atoms with E-state index in [1.807, 2.05) is 30.3 Å². The lowest BCUT2D eigenvalue weighted by Crippen LogP contribution is -2.35. The zero-order valence-corrected chi connectivity index (χ0v) is 11.2. The van der Waals surface area contributed by atoms with Crippen LogP contribution >= 0.6 is 11.6 Å².